The van der Waals surface area contributed by atoms with Gasteiger partial charge in [0.25, 0.3) is 0 Å². The lowest BCUT2D eigenvalue weighted by molar-refractivity contribution is -0.208. The molecule has 0 saturated heterocycles. The predicted octanol–water partition coefficient (Wildman–Crippen LogP) is 0.952. The molecule has 0 radical (unpaired) electrons. The molecule has 0 spiro atoms. The molecule has 7 heteroatoms. The predicted molar refractivity (Wildman–Crippen MR) is 51.0 cm³/mol. The topological polar surface area (TPSA) is 60.8 Å². The van der Waals surface area contributed by atoms with Gasteiger partial charge in [-0.2, -0.15) is 13.2 Å². The average Bonchev–Trinajstić information content (AvgIpc) is 1.98. The third kappa shape index (κ3) is 6.62. The summed E-state index contributed by atoms with van der Waals surface area (Å²) in [6, 6.07) is 0. The molecular formula is C9H16F3NO3. The second-order valence-corrected chi connectivity index (χ2v) is 4.04. The highest BCUT2D eigenvalue weighted by molar-refractivity contribution is 5.69. The minimum Gasteiger partial charge on any atom is -0.480 e. The summed E-state index contributed by atoms with van der Waals surface area (Å²) in [4.78, 5) is 11.5. The lowest BCUT2D eigenvalue weighted by atomic mass is 10.2. The maximum Gasteiger partial charge on any atom is 0.415 e. The van der Waals surface area contributed by atoms with E-state index < -0.39 is 31.3 Å². The zero-order chi connectivity index (χ0) is 12.9. The van der Waals surface area contributed by atoms with Gasteiger partial charge in [-0.05, 0) is 5.92 Å². The Morgan fingerprint density at radius 1 is 1.31 bits per heavy atom. The van der Waals surface area contributed by atoms with Gasteiger partial charge in [-0.25, -0.2) is 0 Å². The van der Waals surface area contributed by atoms with Gasteiger partial charge in [0, 0.05) is 13.1 Å². The minimum atomic E-state index is -4.71. The molecule has 2 N–H and O–H groups in total. The van der Waals surface area contributed by atoms with Gasteiger partial charge in [-0.15, -0.1) is 0 Å². The largest absolute Gasteiger partial charge is 0.480 e. The van der Waals surface area contributed by atoms with E-state index in [2.05, 4.69) is 0 Å². The van der Waals surface area contributed by atoms with Gasteiger partial charge < -0.3 is 10.2 Å². The smallest absolute Gasteiger partial charge is 0.415 e. The highest BCUT2D eigenvalue weighted by atomic mass is 19.4. The van der Waals surface area contributed by atoms with Gasteiger partial charge in [0.1, 0.15) is 0 Å². The van der Waals surface area contributed by atoms with E-state index in [9.17, 15) is 18.0 Å². The van der Waals surface area contributed by atoms with Crippen LogP contribution in [-0.2, 0) is 4.79 Å². The maximum atomic E-state index is 12.1. The summed E-state index contributed by atoms with van der Waals surface area (Å²) < 4.78 is 36.2. The Balaban J connectivity index is 4.36. The SMILES string of the molecule is CC(C)CN(CC(=O)O)CC(O)C(F)(F)F. The first-order valence-electron chi connectivity index (χ1n) is 4.81. The number of alkyl halides is 3. The van der Waals surface area contributed by atoms with E-state index >= 15 is 0 Å². The number of halogens is 3. The van der Waals surface area contributed by atoms with Crippen molar-refractivity contribution in [2.45, 2.75) is 26.1 Å². The van der Waals surface area contributed by atoms with Gasteiger partial charge in [0.2, 0.25) is 0 Å². The van der Waals surface area contributed by atoms with E-state index in [1.54, 1.807) is 13.8 Å². The van der Waals surface area contributed by atoms with Crippen molar-refractivity contribution in [1.29, 1.82) is 0 Å². The third-order valence-electron chi connectivity index (χ3n) is 1.79. The van der Waals surface area contributed by atoms with Crippen molar-refractivity contribution in [2.75, 3.05) is 19.6 Å². The van der Waals surface area contributed by atoms with Crippen molar-refractivity contribution >= 4 is 5.97 Å². The molecule has 16 heavy (non-hydrogen) atoms. The zero-order valence-corrected chi connectivity index (χ0v) is 9.16. The fraction of sp³-hybridized carbons (Fsp3) is 0.889. The zero-order valence-electron chi connectivity index (χ0n) is 9.16. The monoisotopic (exact) mass is 243 g/mol. The summed E-state index contributed by atoms with van der Waals surface area (Å²) in [5.74, 6) is -1.19. The molecule has 0 saturated carbocycles. The van der Waals surface area contributed by atoms with Crippen LogP contribution in [0.2, 0.25) is 0 Å². The summed E-state index contributed by atoms with van der Waals surface area (Å²) in [7, 11) is 0. The van der Waals surface area contributed by atoms with E-state index in [4.69, 9.17) is 10.2 Å². The molecule has 0 aliphatic heterocycles. The van der Waals surface area contributed by atoms with E-state index in [0.29, 0.717) is 0 Å². The number of aliphatic hydroxyl groups is 1. The van der Waals surface area contributed by atoms with Crippen molar-refractivity contribution in [1.82, 2.24) is 4.90 Å². The minimum absolute atomic E-state index is 0.0276. The fourth-order valence-electron chi connectivity index (χ4n) is 1.26. The number of aliphatic carboxylic acids is 1. The Bertz CT molecular complexity index is 231. The molecule has 0 aromatic carbocycles. The van der Waals surface area contributed by atoms with E-state index in [1.807, 2.05) is 0 Å². The highest BCUT2D eigenvalue weighted by Crippen LogP contribution is 2.20. The van der Waals surface area contributed by atoms with Gasteiger partial charge in [-0.3, -0.25) is 9.69 Å². The molecule has 0 bridgehead atoms. The van der Waals surface area contributed by atoms with Gasteiger partial charge in [0.15, 0.2) is 6.10 Å². The van der Waals surface area contributed by atoms with Crippen molar-refractivity contribution in [3.63, 3.8) is 0 Å². The Morgan fingerprint density at radius 3 is 2.12 bits per heavy atom. The van der Waals surface area contributed by atoms with Crippen molar-refractivity contribution in [2.24, 2.45) is 5.92 Å². The number of carboxylic acid groups (broad SMARTS) is 1. The number of hydrogen-bond acceptors (Lipinski definition) is 3. The molecule has 0 heterocycles. The first-order valence-corrected chi connectivity index (χ1v) is 4.81. The molecule has 0 amide bonds. The van der Waals surface area contributed by atoms with E-state index in [0.717, 1.165) is 4.90 Å². The van der Waals surface area contributed by atoms with Crippen molar-refractivity contribution < 1.29 is 28.2 Å². The molecular weight excluding hydrogens is 227 g/mol. The molecule has 0 aromatic heterocycles. The number of rotatable bonds is 6. The van der Waals surface area contributed by atoms with E-state index in [1.165, 1.54) is 0 Å². The third-order valence-corrected chi connectivity index (χ3v) is 1.79. The molecule has 1 atom stereocenters. The van der Waals surface area contributed by atoms with Gasteiger partial charge in [-0.1, -0.05) is 13.8 Å². The average molecular weight is 243 g/mol. The van der Waals surface area contributed by atoms with Crippen LogP contribution < -0.4 is 0 Å². The molecule has 0 aliphatic carbocycles. The lowest BCUT2D eigenvalue weighted by Crippen LogP contribution is -2.44. The highest BCUT2D eigenvalue weighted by Gasteiger charge is 2.39. The second kappa shape index (κ2) is 6.05. The standard InChI is InChI=1S/C9H16F3NO3/c1-6(2)3-13(5-8(15)16)4-7(14)9(10,11)12/h6-7,14H,3-5H2,1-2H3,(H,15,16). The van der Waals surface area contributed by atoms with Crippen LogP contribution in [0.4, 0.5) is 13.2 Å². The lowest BCUT2D eigenvalue weighted by Gasteiger charge is -2.25. The number of hydrogen-bond donors (Lipinski definition) is 2. The van der Waals surface area contributed by atoms with Crippen LogP contribution in [0, 0.1) is 5.92 Å². The molecule has 0 rings (SSSR count). The molecule has 0 fully saturated rings. The Morgan fingerprint density at radius 2 is 1.81 bits per heavy atom. The molecule has 0 aliphatic rings. The van der Waals surface area contributed by atoms with Crippen LogP contribution >= 0.6 is 0 Å². The normalized spacial score (nSPS) is 14.5. The summed E-state index contributed by atoms with van der Waals surface area (Å²) in [5.41, 5.74) is 0. The first kappa shape index (κ1) is 15.2. The Kier molecular flexibility index (Phi) is 5.74. The van der Waals surface area contributed by atoms with E-state index in [-0.39, 0.29) is 12.5 Å². The van der Waals surface area contributed by atoms with Crippen LogP contribution in [0.25, 0.3) is 0 Å². The summed E-state index contributed by atoms with van der Waals surface area (Å²) >= 11 is 0. The summed E-state index contributed by atoms with van der Waals surface area (Å²) in [6.45, 7) is 2.49. The quantitative estimate of drug-likeness (QED) is 0.729. The number of carbonyl (C=O) groups is 1. The first-order chi connectivity index (χ1) is 7.12. The van der Waals surface area contributed by atoms with Crippen LogP contribution in [0.5, 0.6) is 0 Å². The van der Waals surface area contributed by atoms with Crippen molar-refractivity contribution in [3.05, 3.63) is 0 Å². The summed E-state index contributed by atoms with van der Waals surface area (Å²) in [5, 5.41) is 17.3. The number of nitrogens with zero attached hydrogens (tertiary/aromatic N) is 1. The number of carboxylic acids is 1. The van der Waals surface area contributed by atoms with Crippen LogP contribution in [0.1, 0.15) is 13.8 Å². The van der Waals surface area contributed by atoms with Crippen LogP contribution in [0.15, 0.2) is 0 Å². The molecule has 4 nitrogen and oxygen atoms in total. The molecule has 1 unspecified atom stereocenters. The Labute approximate surface area is 91.7 Å². The van der Waals surface area contributed by atoms with Crippen molar-refractivity contribution in [3.8, 4) is 0 Å². The second-order valence-electron chi connectivity index (χ2n) is 4.04. The van der Waals surface area contributed by atoms with Gasteiger partial charge >= 0.3 is 12.1 Å². The number of aliphatic hydroxyl groups excluding tert-OH is 1. The van der Waals surface area contributed by atoms with Crippen LogP contribution in [-0.4, -0.2) is 53.0 Å². The van der Waals surface area contributed by atoms with Crippen LogP contribution in [0.3, 0.4) is 0 Å². The van der Waals surface area contributed by atoms with Gasteiger partial charge in [0.05, 0.1) is 6.54 Å². The maximum absolute atomic E-state index is 12.1. The molecule has 96 valence electrons. The summed E-state index contributed by atoms with van der Waals surface area (Å²) in [6.07, 6.45) is -7.22. The Hall–Kier alpha value is -0.820. The fourth-order valence-corrected chi connectivity index (χ4v) is 1.26. The molecule has 0 aromatic rings.